The number of hydrogen-bond donors (Lipinski definition) is 1. The SMILES string of the molecule is O=C(Nc1ccc2oc3ccccc3c2c1)c1ccc(N2CCCCCC2)c([N+](=O)[O-])c1. The van der Waals surface area contributed by atoms with Crippen LogP contribution in [0.25, 0.3) is 21.9 Å². The van der Waals surface area contributed by atoms with E-state index in [1.165, 1.54) is 6.07 Å². The van der Waals surface area contributed by atoms with Crippen LogP contribution in [0.1, 0.15) is 36.0 Å². The summed E-state index contributed by atoms with van der Waals surface area (Å²) in [7, 11) is 0. The fourth-order valence-electron chi connectivity index (χ4n) is 4.40. The molecule has 0 atom stereocenters. The monoisotopic (exact) mass is 429 g/mol. The number of benzene rings is 3. The van der Waals surface area contributed by atoms with Gasteiger partial charge in [0.25, 0.3) is 11.6 Å². The van der Waals surface area contributed by atoms with Gasteiger partial charge in [-0.2, -0.15) is 0 Å². The van der Waals surface area contributed by atoms with E-state index in [4.69, 9.17) is 4.42 Å². The molecule has 5 rings (SSSR count). The maximum absolute atomic E-state index is 12.9. The number of nitrogens with zero attached hydrogens (tertiary/aromatic N) is 2. The normalized spacial score (nSPS) is 14.4. The van der Waals surface area contributed by atoms with Crippen LogP contribution in [-0.2, 0) is 0 Å². The number of nitro groups is 1. The van der Waals surface area contributed by atoms with Crippen molar-refractivity contribution >= 4 is 44.9 Å². The molecule has 32 heavy (non-hydrogen) atoms. The average molecular weight is 429 g/mol. The van der Waals surface area contributed by atoms with Gasteiger partial charge in [0.1, 0.15) is 16.9 Å². The topological polar surface area (TPSA) is 88.6 Å². The highest BCUT2D eigenvalue weighted by molar-refractivity contribution is 6.09. The summed E-state index contributed by atoms with van der Waals surface area (Å²) in [6.07, 6.45) is 4.32. The molecule has 1 aliphatic rings. The van der Waals surface area contributed by atoms with Gasteiger partial charge < -0.3 is 14.6 Å². The second kappa shape index (κ2) is 8.34. The van der Waals surface area contributed by atoms with Crippen LogP contribution >= 0.6 is 0 Å². The standard InChI is InChI=1S/C25H23N3O4/c29-25(26-18-10-12-24-20(16-18)19-7-3-4-8-23(19)32-24)17-9-11-21(22(15-17)28(30)31)27-13-5-1-2-6-14-27/h3-4,7-12,15-16H,1-2,5-6,13-14H2,(H,26,29). The van der Waals surface area contributed by atoms with Crippen molar-refractivity contribution in [3.63, 3.8) is 0 Å². The van der Waals surface area contributed by atoms with Gasteiger partial charge in [0.15, 0.2) is 0 Å². The van der Waals surface area contributed by atoms with Crippen molar-refractivity contribution in [1.82, 2.24) is 0 Å². The van der Waals surface area contributed by atoms with E-state index < -0.39 is 4.92 Å². The third-order valence-corrected chi connectivity index (χ3v) is 6.02. The highest BCUT2D eigenvalue weighted by Gasteiger charge is 2.23. The molecule has 0 radical (unpaired) electrons. The number of fused-ring (bicyclic) bond motifs is 3. The van der Waals surface area contributed by atoms with E-state index in [-0.39, 0.29) is 17.2 Å². The van der Waals surface area contributed by atoms with E-state index >= 15 is 0 Å². The maximum atomic E-state index is 12.9. The molecule has 4 aromatic rings. The van der Waals surface area contributed by atoms with Gasteiger partial charge >= 0.3 is 0 Å². The lowest BCUT2D eigenvalue weighted by Gasteiger charge is -2.22. The van der Waals surface area contributed by atoms with Crippen LogP contribution in [-0.4, -0.2) is 23.9 Å². The van der Waals surface area contributed by atoms with Gasteiger partial charge in [-0.25, -0.2) is 0 Å². The Hall–Kier alpha value is -3.87. The number of nitro benzene ring substituents is 1. The van der Waals surface area contributed by atoms with E-state index in [9.17, 15) is 14.9 Å². The van der Waals surface area contributed by atoms with Gasteiger partial charge in [0.05, 0.1) is 4.92 Å². The molecule has 0 spiro atoms. The predicted molar refractivity (Wildman–Crippen MR) is 125 cm³/mol. The molecule has 0 unspecified atom stereocenters. The first-order valence-electron chi connectivity index (χ1n) is 10.9. The molecular formula is C25H23N3O4. The van der Waals surface area contributed by atoms with Crippen LogP contribution in [0.15, 0.2) is 65.1 Å². The van der Waals surface area contributed by atoms with E-state index in [1.54, 1.807) is 18.2 Å². The van der Waals surface area contributed by atoms with Crippen LogP contribution in [0.2, 0.25) is 0 Å². The van der Waals surface area contributed by atoms with Crippen LogP contribution < -0.4 is 10.2 Å². The Balaban J connectivity index is 1.43. The third-order valence-electron chi connectivity index (χ3n) is 6.02. The molecule has 1 fully saturated rings. The quantitative estimate of drug-likeness (QED) is 0.311. The lowest BCUT2D eigenvalue weighted by atomic mass is 10.1. The molecule has 2 heterocycles. The van der Waals surface area contributed by atoms with Crippen molar-refractivity contribution in [2.45, 2.75) is 25.7 Å². The summed E-state index contributed by atoms with van der Waals surface area (Å²) in [5.41, 5.74) is 2.93. The molecule has 7 heteroatoms. The first kappa shape index (κ1) is 20.1. The second-order valence-electron chi connectivity index (χ2n) is 8.13. The Morgan fingerprint density at radius 2 is 1.66 bits per heavy atom. The van der Waals surface area contributed by atoms with E-state index in [2.05, 4.69) is 10.2 Å². The highest BCUT2D eigenvalue weighted by Crippen LogP contribution is 2.33. The molecule has 3 aromatic carbocycles. The summed E-state index contributed by atoms with van der Waals surface area (Å²) in [5, 5.41) is 16.5. The molecule has 0 aliphatic carbocycles. The number of carbonyl (C=O) groups excluding carboxylic acids is 1. The Labute approximate surface area is 184 Å². The summed E-state index contributed by atoms with van der Waals surface area (Å²) in [6, 6.07) is 17.9. The van der Waals surface area contributed by atoms with Gasteiger partial charge in [-0.05, 0) is 49.2 Å². The smallest absolute Gasteiger partial charge is 0.293 e. The number of rotatable bonds is 4. The number of anilines is 2. The number of hydrogen-bond acceptors (Lipinski definition) is 5. The number of nitrogens with one attached hydrogen (secondary N) is 1. The summed E-state index contributed by atoms with van der Waals surface area (Å²) in [4.78, 5) is 26.3. The zero-order valence-electron chi connectivity index (χ0n) is 17.5. The van der Waals surface area contributed by atoms with Crippen LogP contribution in [0.3, 0.4) is 0 Å². The summed E-state index contributed by atoms with van der Waals surface area (Å²) in [6.45, 7) is 1.59. The predicted octanol–water partition coefficient (Wildman–Crippen LogP) is 6.13. The largest absolute Gasteiger partial charge is 0.456 e. The van der Waals surface area contributed by atoms with Crippen molar-refractivity contribution in [1.29, 1.82) is 0 Å². The minimum absolute atomic E-state index is 0.0316. The lowest BCUT2D eigenvalue weighted by Crippen LogP contribution is -2.25. The van der Waals surface area contributed by atoms with E-state index in [1.807, 2.05) is 36.4 Å². The molecule has 7 nitrogen and oxygen atoms in total. The van der Waals surface area contributed by atoms with Crippen molar-refractivity contribution in [2.24, 2.45) is 0 Å². The molecule has 1 N–H and O–H groups in total. The summed E-state index contributed by atoms with van der Waals surface area (Å²) >= 11 is 0. The molecule has 1 amide bonds. The van der Waals surface area contributed by atoms with Gasteiger partial charge in [0, 0.05) is 41.2 Å². The molecule has 0 saturated carbocycles. The van der Waals surface area contributed by atoms with E-state index in [0.29, 0.717) is 11.4 Å². The van der Waals surface area contributed by atoms with Crippen molar-refractivity contribution in [2.75, 3.05) is 23.3 Å². The molecule has 0 bridgehead atoms. The molecular weight excluding hydrogens is 406 g/mol. The molecule has 1 saturated heterocycles. The fourth-order valence-corrected chi connectivity index (χ4v) is 4.40. The summed E-state index contributed by atoms with van der Waals surface area (Å²) < 4.78 is 5.83. The number of amides is 1. The van der Waals surface area contributed by atoms with Crippen molar-refractivity contribution in [3.8, 4) is 0 Å². The summed E-state index contributed by atoms with van der Waals surface area (Å²) in [5.74, 6) is -0.386. The number of furan rings is 1. The van der Waals surface area contributed by atoms with Crippen LogP contribution in [0, 0.1) is 10.1 Å². The first-order chi connectivity index (χ1) is 15.6. The maximum Gasteiger partial charge on any atom is 0.293 e. The average Bonchev–Trinajstić information content (AvgIpc) is 2.96. The number of para-hydroxylation sites is 1. The van der Waals surface area contributed by atoms with Crippen molar-refractivity contribution in [3.05, 3.63) is 76.3 Å². The first-order valence-corrected chi connectivity index (χ1v) is 10.9. The van der Waals surface area contributed by atoms with Crippen molar-refractivity contribution < 1.29 is 14.1 Å². The third kappa shape index (κ3) is 3.77. The zero-order chi connectivity index (χ0) is 22.1. The molecule has 162 valence electrons. The molecule has 1 aromatic heterocycles. The Kier molecular flexibility index (Phi) is 5.23. The minimum atomic E-state index is -0.402. The molecule has 1 aliphatic heterocycles. The Morgan fingerprint density at radius 3 is 2.44 bits per heavy atom. The lowest BCUT2D eigenvalue weighted by molar-refractivity contribution is -0.384. The minimum Gasteiger partial charge on any atom is -0.456 e. The van der Waals surface area contributed by atoms with Gasteiger partial charge in [-0.15, -0.1) is 0 Å². The van der Waals surface area contributed by atoms with Crippen LogP contribution in [0.4, 0.5) is 17.1 Å². The Morgan fingerprint density at radius 1 is 0.906 bits per heavy atom. The van der Waals surface area contributed by atoms with Gasteiger partial charge in [0.2, 0.25) is 0 Å². The number of carbonyl (C=O) groups is 1. The van der Waals surface area contributed by atoms with Gasteiger partial charge in [-0.3, -0.25) is 14.9 Å². The fraction of sp³-hybridized carbons (Fsp3) is 0.240. The van der Waals surface area contributed by atoms with Gasteiger partial charge in [-0.1, -0.05) is 31.0 Å². The highest BCUT2D eigenvalue weighted by atomic mass is 16.6. The van der Waals surface area contributed by atoms with Crippen LogP contribution in [0.5, 0.6) is 0 Å². The van der Waals surface area contributed by atoms with E-state index in [0.717, 1.165) is 60.7 Å². The second-order valence-corrected chi connectivity index (χ2v) is 8.13. The Bertz CT molecular complexity index is 1320. The zero-order valence-corrected chi connectivity index (χ0v) is 17.5.